The van der Waals surface area contributed by atoms with E-state index in [4.69, 9.17) is 23.2 Å². The van der Waals surface area contributed by atoms with Crippen LogP contribution >= 0.6 is 46.7 Å². The lowest BCUT2D eigenvalue weighted by molar-refractivity contribution is -0.118. The van der Waals surface area contributed by atoms with Gasteiger partial charge in [-0.3, -0.25) is 9.89 Å². The van der Waals surface area contributed by atoms with Gasteiger partial charge in [-0.2, -0.15) is 0 Å². The summed E-state index contributed by atoms with van der Waals surface area (Å²) in [7, 11) is 0. The van der Waals surface area contributed by atoms with Gasteiger partial charge in [-0.1, -0.05) is 52.7 Å². The predicted molar refractivity (Wildman–Crippen MR) is 117 cm³/mol. The van der Waals surface area contributed by atoms with Crippen LogP contribution in [0.15, 0.2) is 52.5 Å². The van der Waals surface area contributed by atoms with Crippen LogP contribution in [0, 0.1) is 6.92 Å². The molecule has 1 aromatic heterocycles. The highest BCUT2D eigenvalue weighted by Gasteiger charge is 2.12. The number of nitrogens with one attached hydrogen (secondary N) is 2. The minimum atomic E-state index is -0.0540. The number of aryl methyl sites for hydroxylation is 1. The molecule has 9 heteroatoms. The van der Waals surface area contributed by atoms with Crippen LogP contribution in [0.1, 0.15) is 5.56 Å². The van der Waals surface area contributed by atoms with Crippen LogP contribution in [0.4, 0.5) is 0 Å². The third kappa shape index (κ3) is 6.17. The summed E-state index contributed by atoms with van der Waals surface area (Å²) < 4.78 is 0. The Balaban J connectivity index is 1.42. The van der Waals surface area contributed by atoms with Gasteiger partial charge in [0.25, 0.3) is 0 Å². The first-order chi connectivity index (χ1) is 13.5. The first-order valence-corrected chi connectivity index (χ1v) is 11.2. The maximum absolute atomic E-state index is 12.0. The van der Waals surface area contributed by atoms with E-state index in [1.54, 1.807) is 30.0 Å². The van der Waals surface area contributed by atoms with Crippen LogP contribution in [-0.4, -0.2) is 39.1 Å². The van der Waals surface area contributed by atoms with Gasteiger partial charge in [0.1, 0.15) is 0 Å². The average Bonchev–Trinajstić information content (AvgIpc) is 3.16. The summed E-state index contributed by atoms with van der Waals surface area (Å²) in [6.07, 6.45) is 0. The number of hydrogen-bond donors (Lipinski definition) is 2. The molecular formula is C19H18Cl2N4OS2. The average molecular weight is 453 g/mol. The van der Waals surface area contributed by atoms with Gasteiger partial charge in [-0.25, -0.2) is 4.98 Å². The number of nitrogens with zero attached hydrogens (tertiary/aromatic N) is 2. The molecule has 3 aromatic rings. The molecule has 2 aromatic carbocycles. The molecule has 1 amide bonds. The van der Waals surface area contributed by atoms with Crippen LogP contribution in [0.5, 0.6) is 0 Å². The maximum atomic E-state index is 12.0. The van der Waals surface area contributed by atoms with Crippen molar-refractivity contribution in [1.29, 1.82) is 0 Å². The summed E-state index contributed by atoms with van der Waals surface area (Å²) in [5.41, 5.74) is 1.91. The molecule has 3 rings (SSSR count). The van der Waals surface area contributed by atoms with Crippen LogP contribution in [0.2, 0.25) is 10.0 Å². The third-order valence-corrected chi connectivity index (χ3v) is 6.12. The number of aromatic amines is 1. The molecule has 0 radical (unpaired) electrons. The highest BCUT2D eigenvalue weighted by Crippen LogP contribution is 2.29. The van der Waals surface area contributed by atoms with Crippen LogP contribution < -0.4 is 5.32 Å². The molecule has 0 aliphatic carbocycles. The first kappa shape index (κ1) is 21.0. The second-order valence-electron chi connectivity index (χ2n) is 5.89. The summed E-state index contributed by atoms with van der Waals surface area (Å²) in [6.45, 7) is 2.67. The largest absolute Gasteiger partial charge is 0.355 e. The van der Waals surface area contributed by atoms with E-state index in [2.05, 4.69) is 51.7 Å². The standard InChI is InChI=1S/C19H18Cl2N4OS2/c1-12-2-5-14(6-3-12)27-9-8-22-17(26)11-28-19-23-18(24-25-19)15-10-13(20)4-7-16(15)21/h2-7,10H,8-9,11H2,1H3,(H,22,26)(H,23,24,25). The number of H-pyrrole nitrogens is 1. The number of thioether (sulfide) groups is 2. The topological polar surface area (TPSA) is 70.7 Å². The van der Waals surface area contributed by atoms with Crippen molar-refractivity contribution < 1.29 is 4.79 Å². The Morgan fingerprint density at radius 1 is 1.14 bits per heavy atom. The minimum Gasteiger partial charge on any atom is -0.355 e. The van der Waals surface area contributed by atoms with Crippen molar-refractivity contribution in [3.05, 3.63) is 58.1 Å². The van der Waals surface area contributed by atoms with E-state index in [9.17, 15) is 4.79 Å². The monoisotopic (exact) mass is 452 g/mol. The van der Waals surface area contributed by atoms with Crippen molar-refractivity contribution >= 4 is 52.6 Å². The SMILES string of the molecule is Cc1ccc(SCCNC(=O)CSc2n[nH]c(-c3cc(Cl)ccc3Cl)n2)cc1. The first-order valence-electron chi connectivity index (χ1n) is 8.48. The fourth-order valence-electron chi connectivity index (χ4n) is 2.29. The lowest BCUT2D eigenvalue weighted by atomic mass is 10.2. The predicted octanol–water partition coefficient (Wildman–Crippen LogP) is 5.09. The molecule has 28 heavy (non-hydrogen) atoms. The fourth-order valence-corrected chi connectivity index (χ4v) is 4.06. The maximum Gasteiger partial charge on any atom is 0.230 e. The van der Waals surface area contributed by atoms with Gasteiger partial charge in [-0.15, -0.1) is 16.9 Å². The molecule has 0 aliphatic heterocycles. The molecule has 2 N–H and O–H groups in total. The number of rotatable bonds is 8. The molecule has 5 nitrogen and oxygen atoms in total. The molecule has 0 unspecified atom stereocenters. The number of carbonyl (C=O) groups excluding carboxylic acids is 1. The molecular weight excluding hydrogens is 435 g/mol. The number of halogens is 2. The van der Waals surface area contributed by atoms with Crippen LogP contribution in [0.3, 0.4) is 0 Å². The van der Waals surface area contributed by atoms with Gasteiger partial charge in [0.05, 0.1) is 10.8 Å². The van der Waals surface area contributed by atoms with E-state index in [1.807, 2.05) is 0 Å². The second kappa shape index (κ2) is 10.2. The van der Waals surface area contributed by atoms with E-state index in [-0.39, 0.29) is 11.7 Å². The number of hydrogen-bond acceptors (Lipinski definition) is 5. The number of aromatic nitrogens is 3. The normalized spacial score (nSPS) is 10.8. The molecule has 0 bridgehead atoms. The van der Waals surface area contributed by atoms with Gasteiger partial charge < -0.3 is 5.32 Å². The Hall–Kier alpha value is -1.67. The molecule has 0 saturated carbocycles. The lowest BCUT2D eigenvalue weighted by Gasteiger charge is -2.04. The molecule has 146 valence electrons. The fraction of sp³-hybridized carbons (Fsp3) is 0.211. The minimum absolute atomic E-state index is 0.0540. The zero-order valence-corrected chi connectivity index (χ0v) is 18.2. The smallest absolute Gasteiger partial charge is 0.230 e. The van der Waals surface area contributed by atoms with Crippen molar-refractivity contribution in [2.45, 2.75) is 17.0 Å². The zero-order chi connectivity index (χ0) is 19.9. The van der Waals surface area contributed by atoms with Gasteiger partial charge in [0.15, 0.2) is 5.82 Å². The van der Waals surface area contributed by atoms with Gasteiger partial charge in [0, 0.05) is 27.8 Å². The molecule has 0 atom stereocenters. The van der Waals surface area contributed by atoms with E-state index in [0.717, 1.165) is 5.75 Å². The summed E-state index contributed by atoms with van der Waals surface area (Å²) in [4.78, 5) is 17.6. The quantitative estimate of drug-likeness (QED) is 0.367. The number of benzene rings is 2. The zero-order valence-electron chi connectivity index (χ0n) is 15.0. The van der Waals surface area contributed by atoms with Gasteiger partial charge in [-0.05, 0) is 37.3 Å². The van der Waals surface area contributed by atoms with Gasteiger partial charge >= 0.3 is 0 Å². The molecule has 0 fully saturated rings. The summed E-state index contributed by atoms with van der Waals surface area (Å²) in [5.74, 6) is 1.53. The van der Waals surface area contributed by atoms with Crippen molar-refractivity contribution in [2.24, 2.45) is 0 Å². The second-order valence-corrected chi connectivity index (χ2v) is 8.85. The van der Waals surface area contributed by atoms with Crippen molar-refractivity contribution in [2.75, 3.05) is 18.1 Å². The van der Waals surface area contributed by atoms with E-state index < -0.39 is 0 Å². The van der Waals surface area contributed by atoms with Crippen LogP contribution in [0.25, 0.3) is 11.4 Å². The van der Waals surface area contributed by atoms with E-state index >= 15 is 0 Å². The Morgan fingerprint density at radius 2 is 1.93 bits per heavy atom. The highest BCUT2D eigenvalue weighted by atomic mass is 35.5. The molecule has 0 spiro atoms. The number of amides is 1. The molecule has 0 aliphatic rings. The summed E-state index contributed by atoms with van der Waals surface area (Å²) in [5, 5.41) is 11.4. The highest BCUT2D eigenvalue weighted by molar-refractivity contribution is 7.99. The van der Waals surface area contributed by atoms with Crippen molar-refractivity contribution in [3.8, 4) is 11.4 Å². The summed E-state index contributed by atoms with van der Waals surface area (Å²) in [6, 6.07) is 13.5. The third-order valence-electron chi connectivity index (χ3n) is 3.69. The lowest BCUT2D eigenvalue weighted by Crippen LogP contribution is -2.27. The Labute approximate surface area is 182 Å². The number of carbonyl (C=O) groups is 1. The van der Waals surface area contributed by atoms with Gasteiger partial charge in [0.2, 0.25) is 11.1 Å². The Morgan fingerprint density at radius 3 is 2.71 bits per heavy atom. The molecule has 1 heterocycles. The van der Waals surface area contributed by atoms with Crippen LogP contribution in [-0.2, 0) is 4.79 Å². The van der Waals surface area contributed by atoms with E-state index in [1.165, 1.54) is 22.2 Å². The molecule has 0 saturated heterocycles. The Kier molecular flexibility index (Phi) is 7.67. The van der Waals surface area contributed by atoms with E-state index in [0.29, 0.717) is 33.1 Å². The summed E-state index contributed by atoms with van der Waals surface area (Å²) >= 11 is 15.1. The Bertz CT molecular complexity index is 947. The van der Waals surface area contributed by atoms with Crippen molar-refractivity contribution in [3.63, 3.8) is 0 Å². The van der Waals surface area contributed by atoms with Crippen molar-refractivity contribution in [1.82, 2.24) is 20.5 Å².